The molecule has 0 aliphatic heterocycles. The van der Waals surface area contributed by atoms with E-state index in [1.165, 1.54) is 6.20 Å². The van der Waals surface area contributed by atoms with Crippen molar-refractivity contribution in [2.45, 2.75) is 31.9 Å². The van der Waals surface area contributed by atoms with Gasteiger partial charge in [0, 0.05) is 6.07 Å². The van der Waals surface area contributed by atoms with Crippen LogP contribution in [0.5, 0.6) is 5.88 Å². The van der Waals surface area contributed by atoms with Crippen LogP contribution in [0, 0.1) is 5.41 Å². The highest BCUT2D eigenvalue weighted by molar-refractivity contribution is 5.04. The Kier molecular flexibility index (Phi) is 2.82. The van der Waals surface area contributed by atoms with Crippen LogP contribution in [0.2, 0.25) is 0 Å². The second kappa shape index (κ2) is 3.99. The predicted molar refractivity (Wildman–Crippen MR) is 51.0 cm³/mol. The molecule has 1 saturated carbocycles. The average Bonchev–Trinajstić information content (AvgIpc) is 2.83. The number of aromatic amines is 1. The van der Waals surface area contributed by atoms with Gasteiger partial charge in [-0.3, -0.25) is 0 Å². The third-order valence-electron chi connectivity index (χ3n) is 2.99. The van der Waals surface area contributed by atoms with Crippen LogP contribution in [0.3, 0.4) is 0 Å². The molecule has 0 amide bonds. The lowest BCUT2D eigenvalue weighted by Crippen LogP contribution is -2.24. The van der Waals surface area contributed by atoms with E-state index in [-0.39, 0.29) is 19.3 Å². The Labute approximate surface area is 91.0 Å². The van der Waals surface area contributed by atoms with Gasteiger partial charge in [0.2, 0.25) is 5.88 Å². The maximum absolute atomic E-state index is 12.5. The summed E-state index contributed by atoms with van der Waals surface area (Å²) in [5, 5.41) is 6.26. The molecule has 0 unspecified atom stereocenters. The Bertz CT molecular complexity index is 330. The summed E-state index contributed by atoms with van der Waals surface area (Å²) < 4.78 is 42.8. The molecular weight excluding hydrogens is 221 g/mol. The summed E-state index contributed by atoms with van der Waals surface area (Å²) in [7, 11) is 0. The lowest BCUT2D eigenvalue weighted by Gasteiger charge is -2.18. The van der Waals surface area contributed by atoms with E-state index in [4.69, 9.17) is 4.74 Å². The molecule has 6 heteroatoms. The topological polar surface area (TPSA) is 37.9 Å². The van der Waals surface area contributed by atoms with Crippen molar-refractivity contribution >= 4 is 0 Å². The molecule has 3 nitrogen and oxygen atoms in total. The minimum atomic E-state index is -4.05. The minimum Gasteiger partial charge on any atom is -0.478 e. The normalized spacial score (nSPS) is 18.4. The summed E-state index contributed by atoms with van der Waals surface area (Å²) in [4.78, 5) is 0. The van der Waals surface area contributed by atoms with E-state index in [0.29, 0.717) is 18.9 Å². The van der Waals surface area contributed by atoms with Crippen molar-refractivity contribution in [3.8, 4) is 5.88 Å². The number of rotatable bonds is 5. The van der Waals surface area contributed by atoms with Gasteiger partial charge < -0.3 is 4.74 Å². The first-order valence-electron chi connectivity index (χ1n) is 5.22. The third kappa shape index (κ3) is 2.31. The lowest BCUT2D eigenvalue weighted by molar-refractivity contribution is -0.189. The van der Waals surface area contributed by atoms with Crippen LogP contribution in [0.4, 0.5) is 13.2 Å². The maximum Gasteiger partial charge on any atom is 0.394 e. The van der Waals surface area contributed by atoms with E-state index in [0.717, 1.165) is 0 Å². The molecule has 0 bridgehead atoms. The standard InChI is InChI=1S/C10H13F3N2O/c11-10(12,13)9(4-5-9)3-1-7-16-8-2-6-14-15-8/h2,6H,1,3-5,7H2,(H,14,15). The van der Waals surface area contributed by atoms with Crippen LogP contribution in [0.25, 0.3) is 0 Å². The molecular formula is C10H13F3N2O. The molecule has 90 valence electrons. The summed E-state index contributed by atoms with van der Waals surface area (Å²) in [5.41, 5.74) is -1.41. The summed E-state index contributed by atoms with van der Waals surface area (Å²) >= 11 is 0. The van der Waals surface area contributed by atoms with Crippen LogP contribution < -0.4 is 4.74 Å². The molecule has 1 heterocycles. The van der Waals surface area contributed by atoms with E-state index in [2.05, 4.69) is 10.2 Å². The number of alkyl halides is 3. The van der Waals surface area contributed by atoms with Crippen LogP contribution >= 0.6 is 0 Å². The number of halogens is 3. The van der Waals surface area contributed by atoms with E-state index in [9.17, 15) is 13.2 Å². The van der Waals surface area contributed by atoms with E-state index < -0.39 is 11.6 Å². The number of nitrogens with one attached hydrogen (secondary N) is 1. The molecule has 1 N–H and O–H groups in total. The smallest absolute Gasteiger partial charge is 0.394 e. The van der Waals surface area contributed by atoms with Gasteiger partial charge in [0.25, 0.3) is 0 Å². The fourth-order valence-electron chi connectivity index (χ4n) is 1.74. The molecule has 1 aliphatic carbocycles. The van der Waals surface area contributed by atoms with E-state index in [1.807, 2.05) is 0 Å². The van der Waals surface area contributed by atoms with Gasteiger partial charge >= 0.3 is 6.18 Å². The first-order valence-corrected chi connectivity index (χ1v) is 5.22. The van der Waals surface area contributed by atoms with Crippen LogP contribution in [-0.4, -0.2) is 23.0 Å². The van der Waals surface area contributed by atoms with Gasteiger partial charge in [-0.15, -0.1) is 0 Å². The maximum atomic E-state index is 12.5. The Hall–Kier alpha value is -1.20. The van der Waals surface area contributed by atoms with Crippen LogP contribution in [0.1, 0.15) is 25.7 Å². The van der Waals surface area contributed by atoms with Crippen molar-refractivity contribution in [2.75, 3.05) is 6.61 Å². The molecule has 2 rings (SSSR count). The number of aromatic nitrogens is 2. The van der Waals surface area contributed by atoms with E-state index in [1.54, 1.807) is 6.07 Å². The zero-order valence-electron chi connectivity index (χ0n) is 8.68. The first-order chi connectivity index (χ1) is 7.54. The lowest BCUT2D eigenvalue weighted by atomic mass is 10.0. The van der Waals surface area contributed by atoms with Gasteiger partial charge in [-0.2, -0.15) is 18.3 Å². The summed E-state index contributed by atoms with van der Waals surface area (Å²) in [6, 6.07) is 1.64. The summed E-state index contributed by atoms with van der Waals surface area (Å²) in [6.45, 7) is 0.292. The highest BCUT2D eigenvalue weighted by Gasteiger charge is 2.62. The van der Waals surface area contributed by atoms with Crippen LogP contribution in [0.15, 0.2) is 12.3 Å². The zero-order valence-corrected chi connectivity index (χ0v) is 8.68. The Morgan fingerprint density at radius 1 is 1.44 bits per heavy atom. The van der Waals surface area contributed by atoms with Crippen molar-refractivity contribution in [3.63, 3.8) is 0 Å². The summed E-state index contributed by atoms with van der Waals surface area (Å²) in [5.74, 6) is 0.497. The Morgan fingerprint density at radius 2 is 2.19 bits per heavy atom. The fourth-order valence-corrected chi connectivity index (χ4v) is 1.74. The van der Waals surface area contributed by atoms with Gasteiger partial charge in [0.15, 0.2) is 0 Å². The third-order valence-corrected chi connectivity index (χ3v) is 2.99. The molecule has 0 radical (unpaired) electrons. The second-order valence-corrected chi connectivity index (χ2v) is 4.15. The van der Waals surface area contributed by atoms with Crippen molar-refractivity contribution < 1.29 is 17.9 Å². The average molecular weight is 234 g/mol. The molecule has 0 aromatic carbocycles. The molecule has 0 spiro atoms. The molecule has 0 saturated heterocycles. The Balaban J connectivity index is 1.69. The SMILES string of the molecule is FC(F)(F)C1(CCCOc2ccn[nH]2)CC1. The highest BCUT2D eigenvalue weighted by atomic mass is 19.4. The highest BCUT2D eigenvalue weighted by Crippen LogP contribution is 2.60. The monoisotopic (exact) mass is 234 g/mol. The second-order valence-electron chi connectivity index (χ2n) is 4.15. The number of hydrogen-bond acceptors (Lipinski definition) is 2. The fraction of sp³-hybridized carbons (Fsp3) is 0.700. The number of nitrogens with zero attached hydrogens (tertiary/aromatic N) is 1. The minimum absolute atomic E-state index is 0.157. The molecule has 1 aliphatic rings. The predicted octanol–water partition coefficient (Wildman–Crippen LogP) is 2.91. The molecule has 16 heavy (non-hydrogen) atoms. The van der Waals surface area contributed by atoms with Crippen LogP contribution in [-0.2, 0) is 0 Å². The van der Waals surface area contributed by atoms with Crippen molar-refractivity contribution in [3.05, 3.63) is 12.3 Å². The number of hydrogen-bond donors (Lipinski definition) is 1. The van der Waals surface area contributed by atoms with Gasteiger partial charge in [0.1, 0.15) is 0 Å². The largest absolute Gasteiger partial charge is 0.478 e. The van der Waals surface area contributed by atoms with Crippen molar-refractivity contribution in [1.82, 2.24) is 10.2 Å². The van der Waals surface area contributed by atoms with Crippen molar-refractivity contribution in [2.24, 2.45) is 5.41 Å². The molecule has 1 fully saturated rings. The first kappa shape index (κ1) is 11.3. The van der Waals surface area contributed by atoms with Gasteiger partial charge in [0.05, 0.1) is 18.2 Å². The molecule has 1 aromatic rings. The van der Waals surface area contributed by atoms with Crippen molar-refractivity contribution in [1.29, 1.82) is 0 Å². The number of H-pyrrole nitrogens is 1. The Morgan fingerprint density at radius 3 is 2.69 bits per heavy atom. The quantitative estimate of drug-likeness (QED) is 0.795. The molecule has 0 atom stereocenters. The van der Waals surface area contributed by atoms with Gasteiger partial charge in [-0.05, 0) is 25.7 Å². The number of ether oxygens (including phenoxy) is 1. The molecule has 1 aromatic heterocycles. The van der Waals surface area contributed by atoms with Gasteiger partial charge in [-0.1, -0.05) is 0 Å². The summed E-state index contributed by atoms with van der Waals surface area (Å²) in [6.07, 6.45) is -1.42. The van der Waals surface area contributed by atoms with E-state index >= 15 is 0 Å². The van der Waals surface area contributed by atoms with Gasteiger partial charge in [-0.25, -0.2) is 5.10 Å². The zero-order chi connectivity index (χ0) is 11.6.